The van der Waals surface area contributed by atoms with E-state index in [1.807, 2.05) is 32.9 Å². The molecule has 1 saturated heterocycles. The monoisotopic (exact) mass is 331 g/mol. The fourth-order valence-corrected chi connectivity index (χ4v) is 4.30. The highest BCUT2D eigenvalue weighted by Gasteiger charge is 2.53. The number of rotatable bonds is 2. The largest absolute Gasteiger partial charge is 0.480 e. The number of hydrogen-bond acceptors (Lipinski definition) is 3. The second-order valence-corrected chi connectivity index (χ2v) is 7.12. The van der Waals surface area contributed by atoms with Gasteiger partial charge in [-0.2, -0.15) is 0 Å². The minimum absolute atomic E-state index is 0.0744. The quantitative estimate of drug-likeness (QED) is 0.904. The molecule has 1 spiro atoms. The summed E-state index contributed by atoms with van der Waals surface area (Å²) < 4.78 is 5.94. The molecule has 24 heavy (non-hydrogen) atoms. The average Bonchev–Trinajstić information content (AvgIpc) is 2.85. The number of carboxylic acids is 1. The van der Waals surface area contributed by atoms with E-state index in [2.05, 4.69) is 0 Å². The number of aryl methyl sites for hydroxylation is 3. The molecule has 1 aromatic rings. The van der Waals surface area contributed by atoms with E-state index in [0.29, 0.717) is 18.4 Å². The van der Waals surface area contributed by atoms with Gasteiger partial charge in [0, 0.05) is 5.56 Å². The topological polar surface area (TPSA) is 66.8 Å². The van der Waals surface area contributed by atoms with Gasteiger partial charge in [-0.15, -0.1) is 0 Å². The van der Waals surface area contributed by atoms with E-state index in [1.54, 1.807) is 0 Å². The Morgan fingerprint density at radius 2 is 1.71 bits per heavy atom. The third-order valence-electron chi connectivity index (χ3n) is 5.29. The summed E-state index contributed by atoms with van der Waals surface area (Å²) in [5, 5.41) is 9.60. The van der Waals surface area contributed by atoms with Crippen LogP contribution in [0.4, 0.5) is 0 Å². The molecule has 1 atom stereocenters. The lowest BCUT2D eigenvalue weighted by Crippen LogP contribution is -2.54. The molecule has 1 amide bonds. The van der Waals surface area contributed by atoms with E-state index in [1.165, 1.54) is 4.90 Å². The van der Waals surface area contributed by atoms with Gasteiger partial charge in [0.05, 0.1) is 6.61 Å². The maximum Gasteiger partial charge on any atom is 0.328 e. The number of carboxylic acid groups (broad SMARTS) is 1. The van der Waals surface area contributed by atoms with Crippen molar-refractivity contribution in [3.8, 4) is 0 Å². The van der Waals surface area contributed by atoms with Crippen LogP contribution in [-0.4, -0.2) is 40.3 Å². The van der Waals surface area contributed by atoms with Crippen LogP contribution in [0.2, 0.25) is 0 Å². The van der Waals surface area contributed by atoms with E-state index in [0.717, 1.165) is 36.0 Å². The first kappa shape index (κ1) is 17.0. The molecule has 0 radical (unpaired) electrons. The summed E-state index contributed by atoms with van der Waals surface area (Å²) in [5.74, 6) is -1.20. The molecule has 130 valence electrons. The summed E-state index contributed by atoms with van der Waals surface area (Å²) in [6, 6.07) is 3.04. The first-order valence-corrected chi connectivity index (χ1v) is 8.64. The van der Waals surface area contributed by atoms with Crippen LogP contribution in [0.25, 0.3) is 0 Å². The maximum absolute atomic E-state index is 13.4. The Bertz CT molecular complexity index is 653. The van der Waals surface area contributed by atoms with Crippen molar-refractivity contribution in [1.82, 2.24) is 4.90 Å². The van der Waals surface area contributed by atoms with Crippen LogP contribution in [0.1, 0.15) is 59.2 Å². The molecular weight excluding hydrogens is 306 g/mol. The zero-order valence-electron chi connectivity index (χ0n) is 14.6. The molecular formula is C19H25NO4. The molecule has 0 bridgehead atoms. The van der Waals surface area contributed by atoms with Crippen molar-refractivity contribution in [2.75, 3.05) is 6.61 Å². The summed E-state index contributed by atoms with van der Waals surface area (Å²) in [5.41, 5.74) is 2.74. The predicted molar refractivity (Wildman–Crippen MR) is 90.0 cm³/mol. The Morgan fingerprint density at radius 1 is 1.12 bits per heavy atom. The highest BCUT2D eigenvalue weighted by atomic mass is 16.5. The number of carbonyl (C=O) groups is 2. The zero-order chi connectivity index (χ0) is 17.5. The van der Waals surface area contributed by atoms with Crippen molar-refractivity contribution < 1.29 is 19.4 Å². The second kappa shape index (κ2) is 6.20. The highest BCUT2D eigenvalue weighted by Crippen LogP contribution is 2.41. The number of carbonyl (C=O) groups excluding carboxylic acids is 1. The fraction of sp³-hybridized carbons (Fsp3) is 0.579. The number of amides is 1. The van der Waals surface area contributed by atoms with Crippen molar-refractivity contribution in [2.24, 2.45) is 0 Å². The van der Waals surface area contributed by atoms with Gasteiger partial charge in [0.1, 0.15) is 5.72 Å². The van der Waals surface area contributed by atoms with Gasteiger partial charge in [-0.3, -0.25) is 9.69 Å². The summed E-state index contributed by atoms with van der Waals surface area (Å²) >= 11 is 0. The van der Waals surface area contributed by atoms with E-state index in [4.69, 9.17) is 4.74 Å². The van der Waals surface area contributed by atoms with Gasteiger partial charge in [-0.25, -0.2) is 4.79 Å². The normalized spacial score (nSPS) is 22.8. The minimum atomic E-state index is -0.992. The highest BCUT2D eigenvalue weighted by molar-refractivity contribution is 6.00. The second-order valence-electron chi connectivity index (χ2n) is 7.12. The van der Waals surface area contributed by atoms with Gasteiger partial charge >= 0.3 is 5.97 Å². The van der Waals surface area contributed by atoms with Gasteiger partial charge in [-0.1, -0.05) is 24.1 Å². The Morgan fingerprint density at radius 3 is 2.25 bits per heavy atom. The summed E-state index contributed by atoms with van der Waals surface area (Å²) in [6.45, 7) is 5.89. The molecule has 1 saturated carbocycles. The molecule has 1 aliphatic heterocycles. The lowest BCUT2D eigenvalue weighted by Gasteiger charge is -2.41. The molecule has 3 rings (SSSR count). The van der Waals surface area contributed by atoms with Crippen molar-refractivity contribution >= 4 is 11.9 Å². The SMILES string of the molecule is Cc1cc(C)c(C(=O)N2[C@H](C(=O)O)COC23CCCCC3)c(C)c1. The summed E-state index contributed by atoms with van der Waals surface area (Å²) in [4.78, 5) is 26.6. The standard InChI is InChI=1S/C19H25NO4/c1-12-9-13(2)16(14(3)10-12)17(21)20-15(18(22)23)11-24-19(20)7-5-4-6-8-19/h9-10,15H,4-8,11H2,1-3H3,(H,22,23)/t15-/m0/s1. The van der Waals surface area contributed by atoms with Crippen LogP contribution in [0, 0.1) is 20.8 Å². The third-order valence-corrected chi connectivity index (χ3v) is 5.29. The van der Waals surface area contributed by atoms with Crippen LogP contribution in [-0.2, 0) is 9.53 Å². The smallest absolute Gasteiger partial charge is 0.328 e. The lowest BCUT2D eigenvalue weighted by atomic mass is 9.89. The Labute approximate surface area is 142 Å². The Kier molecular flexibility index (Phi) is 4.38. The van der Waals surface area contributed by atoms with Crippen LogP contribution >= 0.6 is 0 Å². The fourth-order valence-electron chi connectivity index (χ4n) is 4.30. The minimum Gasteiger partial charge on any atom is -0.480 e. The van der Waals surface area contributed by atoms with Crippen molar-refractivity contribution in [3.05, 3.63) is 34.4 Å². The van der Waals surface area contributed by atoms with Gasteiger partial charge in [0.25, 0.3) is 5.91 Å². The molecule has 0 aromatic heterocycles. The number of nitrogens with zero attached hydrogens (tertiary/aromatic N) is 1. The molecule has 1 aromatic carbocycles. The van der Waals surface area contributed by atoms with Gasteiger partial charge in [0.15, 0.2) is 6.04 Å². The number of hydrogen-bond donors (Lipinski definition) is 1. The molecule has 5 heteroatoms. The number of ether oxygens (including phenoxy) is 1. The summed E-state index contributed by atoms with van der Waals surface area (Å²) in [6.07, 6.45) is 4.45. The van der Waals surface area contributed by atoms with Crippen LogP contribution in [0.5, 0.6) is 0 Å². The van der Waals surface area contributed by atoms with Crippen molar-refractivity contribution in [2.45, 2.75) is 64.6 Å². The van der Waals surface area contributed by atoms with Crippen LogP contribution < -0.4 is 0 Å². The predicted octanol–water partition coefficient (Wildman–Crippen LogP) is 3.20. The molecule has 1 heterocycles. The number of aliphatic carboxylic acids is 1. The Balaban J connectivity index is 2.05. The van der Waals surface area contributed by atoms with E-state index in [-0.39, 0.29) is 12.5 Å². The molecule has 1 aliphatic carbocycles. The zero-order valence-corrected chi connectivity index (χ0v) is 14.6. The molecule has 0 unspecified atom stereocenters. The molecule has 2 aliphatic rings. The summed E-state index contributed by atoms with van der Waals surface area (Å²) in [7, 11) is 0. The Hall–Kier alpha value is -1.88. The molecule has 2 fully saturated rings. The third kappa shape index (κ3) is 2.71. The van der Waals surface area contributed by atoms with Gasteiger partial charge < -0.3 is 9.84 Å². The lowest BCUT2D eigenvalue weighted by molar-refractivity contribution is -0.143. The number of benzene rings is 1. The van der Waals surface area contributed by atoms with Gasteiger partial charge in [0.2, 0.25) is 0 Å². The first-order valence-electron chi connectivity index (χ1n) is 8.64. The van der Waals surface area contributed by atoms with E-state index < -0.39 is 17.7 Å². The van der Waals surface area contributed by atoms with Gasteiger partial charge in [-0.05, 0) is 57.6 Å². The van der Waals surface area contributed by atoms with E-state index >= 15 is 0 Å². The molecule has 5 nitrogen and oxygen atoms in total. The van der Waals surface area contributed by atoms with Crippen molar-refractivity contribution in [1.29, 1.82) is 0 Å². The maximum atomic E-state index is 13.4. The van der Waals surface area contributed by atoms with Crippen LogP contribution in [0.3, 0.4) is 0 Å². The molecule has 1 N–H and O–H groups in total. The van der Waals surface area contributed by atoms with Crippen molar-refractivity contribution in [3.63, 3.8) is 0 Å². The van der Waals surface area contributed by atoms with E-state index in [9.17, 15) is 14.7 Å². The average molecular weight is 331 g/mol. The van der Waals surface area contributed by atoms with Crippen LogP contribution in [0.15, 0.2) is 12.1 Å². The first-order chi connectivity index (χ1) is 11.4.